The molecule has 0 aromatic rings. The van der Waals surface area contributed by atoms with Crippen LogP contribution < -0.4 is 0 Å². The molecule has 0 aliphatic heterocycles. The standard InChI is InChI=1S/C7H14.F3NO2S/c1-2-4-6-7-5-3-1;1-4(2)7(3,5)6/h1-7H2;. The molecule has 1 saturated carbocycles. The van der Waals surface area contributed by atoms with Gasteiger partial charge in [0.1, 0.15) is 0 Å². The monoisotopic (exact) mass is 233 g/mol. The lowest BCUT2D eigenvalue weighted by atomic mass is 10.2. The first-order valence-corrected chi connectivity index (χ1v) is 5.85. The van der Waals surface area contributed by atoms with Gasteiger partial charge in [-0.1, -0.05) is 57.8 Å². The average Bonchev–Trinajstić information content (AvgIpc) is 2.33. The zero-order valence-electron chi connectivity index (χ0n) is 7.76. The minimum Gasteiger partial charge on any atom is -0.172 e. The Balaban J connectivity index is 0.000000241. The van der Waals surface area contributed by atoms with Crippen LogP contribution in [-0.4, -0.2) is 13.2 Å². The van der Waals surface area contributed by atoms with Gasteiger partial charge in [-0.05, 0) is 0 Å². The van der Waals surface area contributed by atoms with Crippen LogP contribution >= 0.6 is 0 Å². The normalized spacial score (nSPS) is 18.3. The van der Waals surface area contributed by atoms with Crippen molar-refractivity contribution in [1.82, 2.24) is 4.75 Å². The van der Waals surface area contributed by atoms with Crippen LogP contribution in [0.4, 0.5) is 12.8 Å². The third kappa shape index (κ3) is 8.31. The van der Waals surface area contributed by atoms with Gasteiger partial charge >= 0.3 is 10.4 Å². The second-order valence-corrected chi connectivity index (χ2v) is 4.19. The highest BCUT2D eigenvalue weighted by Crippen LogP contribution is 2.15. The zero-order valence-corrected chi connectivity index (χ0v) is 8.57. The van der Waals surface area contributed by atoms with E-state index in [0.29, 0.717) is 0 Å². The Hall–Kier alpha value is -0.300. The van der Waals surface area contributed by atoms with E-state index in [0.717, 1.165) is 0 Å². The van der Waals surface area contributed by atoms with Gasteiger partial charge in [-0.3, -0.25) is 0 Å². The van der Waals surface area contributed by atoms with Gasteiger partial charge in [0, 0.05) is 0 Å². The summed E-state index contributed by atoms with van der Waals surface area (Å²) in [7, 11) is -5.74. The highest BCUT2D eigenvalue weighted by atomic mass is 32.3. The quantitative estimate of drug-likeness (QED) is 0.396. The van der Waals surface area contributed by atoms with Crippen LogP contribution in [0.15, 0.2) is 0 Å². The lowest BCUT2D eigenvalue weighted by Gasteiger charge is -1.85. The number of rotatable bonds is 1. The van der Waals surface area contributed by atoms with Crippen molar-refractivity contribution >= 4 is 10.4 Å². The molecule has 1 aliphatic rings. The van der Waals surface area contributed by atoms with Crippen molar-refractivity contribution in [3.05, 3.63) is 0 Å². The third-order valence-corrected chi connectivity index (χ3v) is 2.24. The van der Waals surface area contributed by atoms with Gasteiger partial charge in [-0.15, -0.1) is 0 Å². The lowest BCUT2D eigenvalue weighted by Crippen LogP contribution is -2.06. The van der Waals surface area contributed by atoms with Crippen molar-refractivity contribution in [1.29, 1.82) is 0 Å². The Kier molecular flexibility index (Phi) is 6.90. The summed E-state index contributed by atoms with van der Waals surface area (Å²) in [6.07, 6.45) is 10.5. The Morgan fingerprint density at radius 2 is 0.929 bits per heavy atom. The summed E-state index contributed by atoms with van der Waals surface area (Å²) >= 11 is 0. The molecule has 0 unspecified atom stereocenters. The van der Waals surface area contributed by atoms with Gasteiger partial charge in [0.15, 0.2) is 4.75 Å². The average molecular weight is 233 g/mol. The third-order valence-electron chi connectivity index (χ3n) is 1.91. The van der Waals surface area contributed by atoms with E-state index in [1.165, 1.54) is 44.9 Å². The Bertz CT molecular complexity index is 211. The van der Waals surface area contributed by atoms with Gasteiger partial charge in [0.2, 0.25) is 0 Å². The molecule has 0 N–H and O–H groups in total. The number of hydrogen-bond donors (Lipinski definition) is 0. The molecule has 3 nitrogen and oxygen atoms in total. The highest BCUT2D eigenvalue weighted by molar-refractivity contribution is 7.83. The summed E-state index contributed by atoms with van der Waals surface area (Å²) in [5.41, 5.74) is 0. The highest BCUT2D eigenvalue weighted by Gasteiger charge is 2.18. The van der Waals surface area contributed by atoms with Crippen LogP contribution in [-0.2, 0) is 10.4 Å². The Labute approximate surface area is 82.1 Å². The maximum atomic E-state index is 10.7. The smallest absolute Gasteiger partial charge is 0.172 e. The SMILES string of the molecule is C1CCCCCC1.O=S(=O)(F)N(F)F. The molecule has 7 heteroatoms. The molecular formula is C7H14F3NO2S. The predicted octanol–water partition coefficient (Wildman–Crippen LogP) is 3.00. The Morgan fingerprint density at radius 1 is 0.786 bits per heavy atom. The molecule has 1 fully saturated rings. The summed E-state index contributed by atoms with van der Waals surface area (Å²) in [5.74, 6) is 0. The van der Waals surface area contributed by atoms with Gasteiger partial charge in [0.05, 0.1) is 0 Å². The van der Waals surface area contributed by atoms with Gasteiger partial charge in [-0.2, -0.15) is 8.42 Å². The topological polar surface area (TPSA) is 37.4 Å². The van der Waals surface area contributed by atoms with E-state index in [1.54, 1.807) is 0 Å². The van der Waals surface area contributed by atoms with Crippen molar-refractivity contribution in [3.63, 3.8) is 0 Å². The molecule has 14 heavy (non-hydrogen) atoms. The number of nitrogens with zero attached hydrogens (tertiary/aromatic N) is 1. The van der Waals surface area contributed by atoms with Crippen molar-refractivity contribution in [2.24, 2.45) is 0 Å². The number of hydrogen-bond acceptors (Lipinski definition) is 2. The summed E-state index contributed by atoms with van der Waals surface area (Å²) in [6.45, 7) is 0. The molecule has 0 heterocycles. The lowest BCUT2D eigenvalue weighted by molar-refractivity contribution is -0.0591. The maximum Gasteiger partial charge on any atom is 0.430 e. The molecule has 0 spiro atoms. The predicted molar refractivity (Wildman–Crippen MR) is 46.4 cm³/mol. The molecule has 0 radical (unpaired) electrons. The van der Waals surface area contributed by atoms with Crippen LogP contribution in [0.25, 0.3) is 0 Å². The molecule has 86 valence electrons. The Morgan fingerprint density at radius 3 is 1.00 bits per heavy atom. The fraction of sp³-hybridized carbons (Fsp3) is 1.00. The van der Waals surface area contributed by atoms with E-state index in [2.05, 4.69) is 0 Å². The molecular weight excluding hydrogens is 219 g/mol. The fourth-order valence-electron chi connectivity index (χ4n) is 1.24. The first-order valence-electron chi connectivity index (χ1n) is 4.51. The first kappa shape index (κ1) is 13.7. The van der Waals surface area contributed by atoms with Crippen molar-refractivity contribution in [3.8, 4) is 0 Å². The second-order valence-electron chi connectivity index (χ2n) is 3.09. The van der Waals surface area contributed by atoms with E-state index in [9.17, 15) is 12.8 Å². The second kappa shape index (κ2) is 7.05. The van der Waals surface area contributed by atoms with E-state index in [-0.39, 0.29) is 0 Å². The van der Waals surface area contributed by atoms with Crippen LogP contribution in [0.5, 0.6) is 0 Å². The van der Waals surface area contributed by atoms with Crippen molar-refractivity contribution in [2.45, 2.75) is 44.9 Å². The molecule has 0 amide bonds. The van der Waals surface area contributed by atoms with Crippen LogP contribution in [0.2, 0.25) is 0 Å². The minimum absolute atomic E-state index is 1.50. The van der Waals surface area contributed by atoms with Crippen LogP contribution in [0, 0.1) is 0 Å². The van der Waals surface area contributed by atoms with Crippen molar-refractivity contribution in [2.75, 3.05) is 0 Å². The maximum absolute atomic E-state index is 10.7. The molecule has 0 bridgehead atoms. The summed E-state index contributed by atoms with van der Waals surface area (Å²) < 4.78 is 46.7. The number of halogens is 3. The van der Waals surface area contributed by atoms with Crippen molar-refractivity contribution < 1.29 is 21.3 Å². The van der Waals surface area contributed by atoms with Gasteiger partial charge in [0.25, 0.3) is 0 Å². The van der Waals surface area contributed by atoms with E-state index >= 15 is 0 Å². The molecule has 1 aliphatic carbocycles. The minimum atomic E-state index is -5.74. The molecule has 0 atom stereocenters. The molecule has 0 aromatic carbocycles. The molecule has 0 saturated heterocycles. The largest absolute Gasteiger partial charge is 0.430 e. The van der Waals surface area contributed by atoms with Crippen LogP contribution in [0.1, 0.15) is 44.9 Å². The summed E-state index contributed by atoms with van der Waals surface area (Å²) in [6, 6.07) is 0. The summed E-state index contributed by atoms with van der Waals surface area (Å²) in [4.78, 5) is 0. The van der Waals surface area contributed by atoms with Crippen LogP contribution in [0.3, 0.4) is 0 Å². The van der Waals surface area contributed by atoms with Gasteiger partial charge in [-0.25, -0.2) is 0 Å². The van der Waals surface area contributed by atoms with E-state index in [4.69, 9.17) is 8.42 Å². The molecule has 0 aromatic heterocycles. The van der Waals surface area contributed by atoms with E-state index < -0.39 is 15.2 Å². The zero-order chi connectivity index (χ0) is 11.0. The molecule has 1 rings (SSSR count). The van der Waals surface area contributed by atoms with E-state index in [1.807, 2.05) is 0 Å². The summed E-state index contributed by atoms with van der Waals surface area (Å²) in [5, 5.41) is 0. The van der Waals surface area contributed by atoms with Gasteiger partial charge < -0.3 is 0 Å². The first-order chi connectivity index (χ1) is 6.44. The fourth-order valence-corrected chi connectivity index (χ4v) is 1.24.